The summed E-state index contributed by atoms with van der Waals surface area (Å²) in [5.74, 6) is -0.0942. The first-order valence-electron chi connectivity index (χ1n) is 6.10. The summed E-state index contributed by atoms with van der Waals surface area (Å²) in [7, 11) is 1.48. The molecule has 0 saturated carbocycles. The molecule has 8 heteroatoms. The first-order chi connectivity index (χ1) is 10.4. The number of benzene rings is 1. The Hall–Kier alpha value is -1.74. The fourth-order valence-corrected chi connectivity index (χ4v) is 3.00. The molecule has 4 N–H and O–H groups in total. The summed E-state index contributed by atoms with van der Waals surface area (Å²) in [5, 5.41) is 0.553. The normalized spacial score (nSPS) is 11.1. The van der Waals surface area contributed by atoms with Gasteiger partial charge in [0.05, 0.1) is 23.1 Å². The SMILES string of the molecule is COc1nc(I)c2oc(N)c(N)c2c1-c1ccc(F)c(Cl)c1. The van der Waals surface area contributed by atoms with E-state index in [1.807, 2.05) is 22.6 Å². The second kappa shape index (κ2) is 5.47. The number of hydrogen-bond acceptors (Lipinski definition) is 5. The number of rotatable bonds is 2. The van der Waals surface area contributed by atoms with E-state index in [2.05, 4.69) is 4.98 Å². The zero-order chi connectivity index (χ0) is 16.0. The third-order valence-electron chi connectivity index (χ3n) is 3.23. The molecule has 2 aromatic heterocycles. The molecule has 0 amide bonds. The van der Waals surface area contributed by atoms with Gasteiger partial charge in [-0.05, 0) is 40.3 Å². The Morgan fingerprint density at radius 3 is 2.73 bits per heavy atom. The van der Waals surface area contributed by atoms with Crippen LogP contribution in [0.2, 0.25) is 5.02 Å². The number of nitrogen functional groups attached to an aromatic ring is 2. The van der Waals surface area contributed by atoms with Crippen LogP contribution in [0.15, 0.2) is 22.6 Å². The van der Waals surface area contributed by atoms with Crippen LogP contribution in [0, 0.1) is 9.52 Å². The standard InChI is InChI=1S/C14H10ClFIN3O2/c1-21-14-8(5-2-3-7(16)6(15)4-5)9-10(18)13(19)22-11(9)12(17)20-14/h2-4H,18-19H2,1H3. The van der Waals surface area contributed by atoms with Gasteiger partial charge in [-0.15, -0.1) is 0 Å². The van der Waals surface area contributed by atoms with Crippen molar-refractivity contribution < 1.29 is 13.5 Å². The zero-order valence-corrected chi connectivity index (χ0v) is 14.2. The van der Waals surface area contributed by atoms with Crippen molar-refractivity contribution in [3.63, 3.8) is 0 Å². The van der Waals surface area contributed by atoms with Gasteiger partial charge < -0.3 is 20.6 Å². The number of pyridine rings is 1. The molecular formula is C14H10ClFIN3O2. The molecule has 0 radical (unpaired) electrons. The highest BCUT2D eigenvalue weighted by atomic mass is 127. The van der Waals surface area contributed by atoms with Gasteiger partial charge in [-0.1, -0.05) is 17.7 Å². The predicted molar refractivity (Wildman–Crippen MR) is 92.5 cm³/mol. The van der Waals surface area contributed by atoms with E-state index in [4.69, 9.17) is 32.2 Å². The average Bonchev–Trinajstić information content (AvgIpc) is 2.79. The van der Waals surface area contributed by atoms with E-state index >= 15 is 0 Å². The van der Waals surface area contributed by atoms with Crippen molar-refractivity contribution in [2.45, 2.75) is 0 Å². The number of methoxy groups -OCH3 is 1. The van der Waals surface area contributed by atoms with Crippen molar-refractivity contribution in [2.24, 2.45) is 0 Å². The molecule has 0 bridgehead atoms. The van der Waals surface area contributed by atoms with Crippen LogP contribution in [0.5, 0.6) is 5.88 Å². The van der Waals surface area contributed by atoms with Crippen LogP contribution in [0.1, 0.15) is 0 Å². The minimum atomic E-state index is -0.515. The molecule has 0 aliphatic carbocycles. The van der Waals surface area contributed by atoms with Crippen molar-refractivity contribution in [1.82, 2.24) is 4.98 Å². The van der Waals surface area contributed by atoms with Gasteiger partial charge >= 0.3 is 0 Å². The number of nitrogens with zero attached hydrogens (tertiary/aromatic N) is 1. The predicted octanol–water partition coefficient (Wildman–Crippen LogP) is 4.06. The molecule has 0 aliphatic rings. The smallest absolute Gasteiger partial charge is 0.223 e. The zero-order valence-electron chi connectivity index (χ0n) is 11.3. The Balaban J connectivity index is 2.45. The van der Waals surface area contributed by atoms with E-state index < -0.39 is 5.82 Å². The number of anilines is 2. The summed E-state index contributed by atoms with van der Waals surface area (Å²) in [6.45, 7) is 0. The van der Waals surface area contributed by atoms with Gasteiger partial charge in [-0.3, -0.25) is 0 Å². The van der Waals surface area contributed by atoms with Crippen LogP contribution in [0.3, 0.4) is 0 Å². The number of fused-ring (bicyclic) bond motifs is 1. The van der Waals surface area contributed by atoms with Crippen LogP contribution in [-0.4, -0.2) is 12.1 Å². The van der Waals surface area contributed by atoms with E-state index in [0.29, 0.717) is 31.7 Å². The summed E-state index contributed by atoms with van der Waals surface area (Å²) in [5.41, 5.74) is 13.7. The van der Waals surface area contributed by atoms with Gasteiger partial charge in [-0.25, -0.2) is 9.37 Å². The highest BCUT2D eigenvalue weighted by molar-refractivity contribution is 14.1. The maximum Gasteiger partial charge on any atom is 0.223 e. The second-order valence-electron chi connectivity index (χ2n) is 4.50. The fraction of sp³-hybridized carbons (Fsp3) is 0.0714. The summed E-state index contributed by atoms with van der Waals surface area (Å²) >= 11 is 7.87. The Kier molecular flexibility index (Phi) is 3.77. The van der Waals surface area contributed by atoms with Crippen LogP contribution in [0.25, 0.3) is 22.1 Å². The molecule has 3 rings (SSSR count). The largest absolute Gasteiger partial charge is 0.481 e. The van der Waals surface area contributed by atoms with Gasteiger partial charge in [-0.2, -0.15) is 0 Å². The van der Waals surface area contributed by atoms with Crippen molar-refractivity contribution in [3.8, 4) is 17.0 Å². The Labute approximate surface area is 143 Å². The molecule has 114 valence electrons. The van der Waals surface area contributed by atoms with Gasteiger partial charge in [0.2, 0.25) is 11.8 Å². The van der Waals surface area contributed by atoms with Crippen molar-refractivity contribution in [2.75, 3.05) is 18.6 Å². The van der Waals surface area contributed by atoms with Crippen molar-refractivity contribution in [3.05, 3.63) is 32.7 Å². The lowest BCUT2D eigenvalue weighted by Crippen LogP contribution is -1.97. The first kappa shape index (κ1) is 15.2. The molecule has 22 heavy (non-hydrogen) atoms. The number of aromatic nitrogens is 1. The fourth-order valence-electron chi connectivity index (χ4n) is 2.22. The minimum absolute atomic E-state index is 0.0127. The maximum atomic E-state index is 13.4. The lowest BCUT2D eigenvalue weighted by molar-refractivity contribution is 0.399. The molecular weight excluding hydrogens is 424 g/mol. The summed E-state index contributed by atoms with van der Waals surface area (Å²) in [6, 6.07) is 4.31. The Morgan fingerprint density at radius 1 is 1.36 bits per heavy atom. The molecule has 0 atom stereocenters. The van der Waals surface area contributed by atoms with Crippen LogP contribution in [-0.2, 0) is 0 Å². The lowest BCUT2D eigenvalue weighted by atomic mass is 10.0. The molecule has 0 aliphatic heterocycles. The molecule has 5 nitrogen and oxygen atoms in total. The lowest BCUT2D eigenvalue weighted by Gasteiger charge is -2.11. The van der Waals surface area contributed by atoms with E-state index in [-0.39, 0.29) is 16.6 Å². The monoisotopic (exact) mass is 433 g/mol. The molecule has 0 spiro atoms. The molecule has 3 aromatic rings. The molecule has 0 saturated heterocycles. The van der Waals surface area contributed by atoms with Gasteiger partial charge in [0.1, 0.15) is 15.2 Å². The molecule has 1 aromatic carbocycles. The van der Waals surface area contributed by atoms with E-state index in [1.165, 1.54) is 19.2 Å². The van der Waals surface area contributed by atoms with Crippen LogP contribution in [0.4, 0.5) is 16.0 Å². The maximum absolute atomic E-state index is 13.4. The third-order valence-corrected chi connectivity index (χ3v) is 4.25. The number of ether oxygens (including phenoxy) is 1. The topological polar surface area (TPSA) is 87.3 Å². The summed E-state index contributed by atoms with van der Waals surface area (Å²) < 4.78 is 24.8. The third kappa shape index (κ3) is 2.24. The molecule has 0 unspecified atom stereocenters. The summed E-state index contributed by atoms with van der Waals surface area (Å²) in [6.07, 6.45) is 0. The van der Waals surface area contributed by atoms with Crippen molar-refractivity contribution in [1.29, 1.82) is 0 Å². The summed E-state index contributed by atoms with van der Waals surface area (Å²) in [4.78, 5) is 4.33. The minimum Gasteiger partial charge on any atom is -0.481 e. The van der Waals surface area contributed by atoms with E-state index in [9.17, 15) is 4.39 Å². The highest BCUT2D eigenvalue weighted by Gasteiger charge is 2.23. The van der Waals surface area contributed by atoms with Crippen molar-refractivity contribution >= 4 is 56.7 Å². The molecule has 0 fully saturated rings. The Bertz CT molecular complexity index is 898. The quantitative estimate of drug-likeness (QED) is 0.470. The van der Waals surface area contributed by atoms with Crippen LogP contribution < -0.4 is 16.2 Å². The highest BCUT2D eigenvalue weighted by Crippen LogP contribution is 2.44. The first-order valence-corrected chi connectivity index (χ1v) is 7.56. The van der Waals surface area contributed by atoms with Gasteiger partial charge in [0.15, 0.2) is 5.58 Å². The molecule has 2 heterocycles. The Morgan fingerprint density at radius 2 is 2.09 bits per heavy atom. The van der Waals surface area contributed by atoms with E-state index in [1.54, 1.807) is 6.07 Å². The number of hydrogen-bond donors (Lipinski definition) is 2. The average molecular weight is 434 g/mol. The van der Waals surface area contributed by atoms with Gasteiger partial charge in [0, 0.05) is 0 Å². The van der Waals surface area contributed by atoms with E-state index in [0.717, 1.165) is 0 Å². The van der Waals surface area contributed by atoms with Crippen LogP contribution >= 0.6 is 34.2 Å². The number of nitrogens with two attached hydrogens (primary N) is 2. The second-order valence-corrected chi connectivity index (χ2v) is 5.93. The van der Waals surface area contributed by atoms with Gasteiger partial charge in [0.25, 0.3) is 0 Å². The number of halogens is 3. The number of furan rings is 1.